The van der Waals surface area contributed by atoms with Gasteiger partial charge < -0.3 is 26.4 Å². The van der Waals surface area contributed by atoms with E-state index in [2.05, 4.69) is 25.6 Å². The zero-order valence-corrected chi connectivity index (χ0v) is 19.5. The number of nitrogens with zero attached hydrogens (tertiary/aromatic N) is 4. The summed E-state index contributed by atoms with van der Waals surface area (Å²) in [6, 6.07) is 9.85. The van der Waals surface area contributed by atoms with Crippen molar-refractivity contribution in [3.8, 4) is 5.75 Å². The molecule has 3 aromatic rings. The Morgan fingerprint density at radius 2 is 1.76 bits per heavy atom. The van der Waals surface area contributed by atoms with Crippen LogP contribution in [0, 0.1) is 0 Å². The average molecular weight is 514 g/mol. The highest BCUT2D eigenvalue weighted by Crippen LogP contribution is 2.32. The summed E-state index contributed by atoms with van der Waals surface area (Å²) < 4.78 is 40.3. The molecule has 0 saturated heterocycles. The van der Waals surface area contributed by atoms with E-state index < -0.39 is 17.8 Å². The predicted octanol–water partition coefficient (Wildman–Crippen LogP) is 5.37. The second-order valence-electron chi connectivity index (χ2n) is 7.39. The molecular weight excluding hydrogens is 494 g/mol. The molecule has 2 aromatic carbocycles. The number of rotatable bonds is 6. The summed E-state index contributed by atoms with van der Waals surface area (Å²) in [5.41, 5.74) is 6.02. The Labute approximate surface area is 203 Å². The molecule has 13 heteroatoms. The number of phenols is 1. The van der Waals surface area contributed by atoms with E-state index in [1.807, 2.05) is 19.0 Å². The van der Waals surface area contributed by atoms with Gasteiger partial charge in [0.05, 0.1) is 10.0 Å². The van der Waals surface area contributed by atoms with Crippen molar-refractivity contribution in [2.45, 2.75) is 12.7 Å². The number of hydrogen-bond acceptors (Lipinski definition) is 6. The minimum absolute atomic E-state index is 0.0596. The van der Waals surface area contributed by atoms with E-state index in [0.717, 1.165) is 6.07 Å². The summed E-state index contributed by atoms with van der Waals surface area (Å²) in [5, 5.41) is 16.1. The molecule has 0 aliphatic carbocycles. The van der Waals surface area contributed by atoms with Gasteiger partial charge in [0.25, 0.3) is 5.95 Å². The van der Waals surface area contributed by atoms with Gasteiger partial charge in [0.2, 0.25) is 5.96 Å². The third-order valence-corrected chi connectivity index (χ3v) is 4.99. The van der Waals surface area contributed by atoms with Crippen molar-refractivity contribution < 1.29 is 18.3 Å². The minimum atomic E-state index is -4.75. The van der Waals surface area contributed by atoms with Crippen LogP contribution in [0.15, 0.2) is 47.5 Å². The molecule has 0 spiro atoms. The number of halogens is 5. The minimum Gasteiger partial charge on any atom is -0.508 e. The SMILES string of the molecule is CN(C)Cc1cc(Nc2cc(C(F)(F)F)nc(N=C(N)Nc3ccc(Cl)c(Cl)c3)n2)ccc1O. The summed E-state index contributed by atoms with van der Waals surface area (Å²) in [6.07, 6.45) is -4.75. The molecule has 0 atom stereocenters. The number of hydrogen-bond donors (Lipinski definition) is 4. The first-order valence-electron chi connectivity index (χ1n) is 9.67. The number of aliphatic imine (C=N–C) groups is 1. The number of anilines is 3. The summed E-state index contributed by atoms with van der Waals surface area (Å²) >= 11 is 11.8. The number of alkyl halides is 3. The van der Waals surface area contributed by atoms with Crippen LogP contribution in [-0.4, -0.2) is 40.0 Å². The van der Waals surface area contributed by atoms with Gasteiger partial charge in [-0.3, -0.25) is 0 Å². The zero-order chi connectivity index (χ0) is 25.0. The fraction of sp³-hybridized carbons (Fsp3) is 0.190. The number of nitrogens with two attached hydrogens (primary N) is 1. The van der Waals surface area contributed by atoms with E-state index in [-0.39, 0.29) is 22.5 Å². The normalized spacial score (nSPS) is 12.2. The van der Waals surface area contributed by atoms with Gasteiger partial charge in [-0.2, -0.15) is 23.1 Å². The Morgan fingerprint density at radius 3 is 2.41 bits per heavy atom. The molecule has 1 heterocycles. The van der Waals surface area contributed by atoms with Crippen molar-refractivity contribution in [2.24, 2.45) is 10.7 Å². The number of aromatic nitrogens is 2. The number of benzene rings is 2. The standard InChI is InChI=1S/C21H20Cl2F3N7O/c1-33(2)10-11-7-12(4-6-16(11)34)28-18-9-17(21(24,25)26)30-20(31-18)32-19(27)29-13-3-5-14(22)15(23)8-13/h3-9,34H,10H2,1-2H3,(H4,27,28,29,30,31,32). The van der Waals surface area contributed by atoms with Gasteiger partial charge in [0, 0.05) is 29.5 Å². The van der Waals surface area contributed by atoms with Gasteiger partial charge in [-0.15, -0.1) is 0 Å². The molecule has 8 nitrogen and oxygen atoms in total. The second kappa shape index (κ2) is 10.3. The molecule has 0 unspecified atom stereocenters. The lowest BCUT2D eigenvalue weighted by Crippen LogP contribution is -2.22. The fourth-order valence-corrected chi connectivity index (χ4v) is 3.13. The van der Waals surface area contributed by atoms with Crippen LogP contribution in [0.3, 0.4) is 0 Å². The van der Waals surface area contributed by atoms with E-state index in [0.29, 0.717) is 28.5 Å². The summed E-state index contributed by atoms with van der Waals surface area (Å²) in [7, 11) is 3.64. The lowest BCUT2D eigenvalue weighted by molar-refractivity contribution is -0.141. The maximum atomic E-state index is 13.4. The quantitative estimate of drug-likeness (QED) is 0.199. The lowest BCUT2D eigenvalue weighted by Gasteiger charge is -2.14. The second-order valence-corrected chi connectivity index (χ2v) is 8.21. The average Bonchev–Trinajstić information content (AvgIpc) is 2.72. The largest absolute Gasteiger partial charge is 0.508 e. The highest BCUT2D eigenvalue weighted by molar-refractivity contribution is 6.42. The predicted molar refractivity (Wildman–Crippen MR) is 127 cm³/mol. The molecule has 3 rings (SSSR count). The Bertz CT molecular complexity index is 1220. The molecule has 180 valence electrons. The molecule has 0 aliphatic heterocycles. The van der Waals surface area contributed by atoms with Crippen LogP contribution in [0.4, 0.5) is 36.3 Å². The number of nitrogens with one attached hydrogen (secondary N) is 2. The molecule has 0 bridgehead atoms. The monoisotopic (exact) mass is 513 g/mol. The summed E-state index contributed by atoms with van der Waals surface area (Å²) in [5.74, 6) is -0.884. The number of aromatic hydroxyl groups is 1. The molecule has 0 aliphatic rings. The fourth-order valence-electron chi connectivity index (χ4n) is 2.83. The molecule has 5 N–H and O–H groups in total. The highest BCUT2D eigenvalue weighted by atomic mass is 35.5. The van der Waals surface area contributed by atoms with Crippen LogP contribution in [-0.2, 0) is 12.7 Å². The van der Waals surface area contributed by atoms with Crippen LogP contribution in [0.25, 0.3) is 0 Å². The third kappa shape index (κ3) is 6.86. The zero-order valence-electron chi connectivity index (χ0n) is 18.0. The van der Waals surface area contributed by atoms with Crippen LogP contribution >= 0.6 is 23.2 Å². The van der Waals surface area contributed by atoms with E-state index in [1.54, 1.807) is 12.1 Å². The molecule has 34 heavy (non-hydrogen) atoms. The van der Waals surface area contributed by atoms with Crippen molar-refractivity contribution in [3.63, 3.8) is 0 Å². The topological polar surface area (TPSA) is 112 Å². The van der Waals surface area contributed by atoms with Gasteiger partial charge in [0.1, 0.15) is 11.6 Å². The lowest BCUT2D eigenvalue weighted by atomic mass is 10.1. The first-order chi connectivity index (χ1) is 15.9. The van der Waals surface area contributed by atoms with Crippen LogP contribution in [0.1, 0.15) is 11.3 Å². The van der Waals surface area contributed by atoms with Crippen molar-refractivity contribution >= 4 is 52.3 Å². The smallest absolute Gasteiger partial charge is 0.433 e. The van der Waals surface area contributed by atoms with Crippen molar-refractivity contribution in [1.29, 1.82) is 0 Å². The van der Waals surface area contributed by atoms with Crippen LogP contribution in [0.5, 0.6) is 5.75 Å². The van der Waals surface area contributed by atoms with E-state index >= 15 is 0 Å². The Morgan fingerprint density at radius 1 is 1.06 bits per heavy atom. The molecule has 1 aromatic heterocycles. The van der Waals surface area contributed by atoms with Crippen molar-refractivity contribution in [2.75, 3.05) is 24.7 Å². The van der Waals surface area contributed by atoms with E-state index in [1.165, 1.54) is 24.3 Å². The van der Waals surface area contributed by atoms with Crippen LogP contribution < -0.4 is 16.4 Å². The molecule has 0 fully saturated rings. The van der Waals surface area contributed by atoms with Crippen molar-refractivity contribution in [3.05, 3.63) is 63.8 Å². The Balaban J connectivity index is 1.92. The Kier molecular flexibility index (Phi) is 7.70. The van der Waals surface area contributed by atoms with Gasteiger partial charge in [-0.25, -0.2) is 4.98 Å². The highest BCUT2D eigenvalue weighted by Gasteiger charge is 2.34. The molecule has 0 amide bonds. The Hall–Kier alpha value is -3.28. The molecule has 0 radical (unpaired) electrons. The summed E-state index contributed by atoms with van der Waals surface area (Å²) in [6.45, 7) is 0.422. The number of guanidine groups is 1. The van der Waals surface area contributed by atoms with Crippen LogP contribution in [0.2, 0.25) is 10.0 Å². The first kappa shape index (κ1) is 25.3. The maximum Gasteiger partial charge on any atom is 0.433 e. The van der Waals surface area contributed by atoms with Gasteiger partial charge in [0.15, 0.2) is 5.69 Å². The van der Waals surface area contributed by atoms with E-state index in [9.17, 15) is 18.3 Å². The molecular formula is C21H20Cl2F3N7O. The third-order valence-electron chi connectivity index (χ3n) is 4.26. The summed E-state index contributed by atoms with van der Waals surface area (Å²) in [4.78, 5) is 13.2. The number of phenolic OH excluding ortho intramolecular Hbond substituents is 1. The molecule has 0 saturated carbocycles. The van der Waals surface area contributed by atoms with E-state index in [4.69, 9.17) is 28.9 Å². The van der Waals surface area contributed by atoms with Gasteiger partial charge in [-0.1, -0.05) is 23.2 Å². The first-order valence-corrected chi connectivity index (χ1v) is 10.4. The van der Waals surface area contributed by atoms with Gasteiger partial charge in [-0.05, 0) is 50.5 Å². The maximum absolute atomic E-state index is 13.4. The van der Waals surface area contributed by atoms with Gasteiger partial charge >= 0.3 is 6.18 Å². The van der Waals surface area contributed by atoms with Crippen molar-refractivity contribution in [1.82, 2.24) is 14.9 Å².